The van der Waals surface area contributed by atoms with Crippen molar-refractivity contribution in [2.75, 3.05) is 17.6 Å². The molecule has 2 aromatic heterocycles. The van der Waals surface area contributed by atoms with Crippen molar-refractivity contribution in [3.05, 3.63) is 70.6 Å². The molecule has 1 N–H and O–H groups in total. The smallest absolute Gasteiger partial charge is 0.260 e. The fourth-order valence-electron chi connectivity index (χ4n) is 2.95. The van der Waals surface area contributed by atoms with Gasteiger partial charge in [-0.2, -0.15) is 0 Å². The summed E-state index contributed by atoms with van der Waals surface area (Å²) in [5.41, 5.74) is 2.65. The number of thioether (sulfide) groups is 1. The Balaban J connectivity index is 1.31. The summed E-state index contributed by atoms with van der Waals surface area (Å²) in [5, 5.41) is 3.36. The molecule has 0 saturated carbocycles. The van der Waals surface area contributed by atoms with Crippen LogP contribution in [0.15, 0.2) is 53.3 Å². The number of aromatic nitrogens is 1. The van der Waals surface area contributed by atoms with Crippen LogP contribution in [0.25, 0.3) is 0 Å². The molecule has 4 rings (SSSR count). The molecule has 1 aliphatic rings. The largest absolute Gasteiger partial charge is 0.472 e. The number of fused-ring (bicyclic) bond motifs is 1. The number of nitrogens with zero attached hydrogens (tertiary/aromatic N) is 2. The van der Waals surface area contributed by atoms with Crippen LogP contribution in [0.4, 0.5) is 5.13 Å². The van der Waals surface area contributed by atoms with Gasteiger partial charge in [0.1, 0.15) is 6.26 Å². The number of hydrogen-bond acceptors (Lipinski definition) is 6. The fraction of sp³-hybridized carbons (Fsp3) is 0.250. The monoisotopic (exact) mass is 413 g/mol. The summed E-state index contributed by atoms with van der Waals surface area (Å²) in [6.07, 6.45) is 3.57. The molecule has 0 fully saturated rings. The lowest BCUT2D eigenvalue weighted by Crippen LogP contribution is -2.36. The van der Waals surface area contributed by atoms with Crippen LogP contribution < -0.4 is 5.32 Å². The zero-order valence-electron chi connectivity index (χ0n) is 15.1. The Labute approximate surface area is 171 Å². The molecule has 3 heterocycles. The van der Waals surface area contributed by atoms with Crippen molar-refractivity contribution >= 4 is 40.0 Å². The maximum atomic E-state index is 12.5. The number of benzene rings is 1. The number of carbonyl (C=O) groups is 2. The standard InChI is InChI=1S/C20H19N3O3S2/c24-18(13-27-12-14-4-2-1-3-5-14)23-8-6-16-17(10-23)28-20(21-16)22-19(25)15-7-9-26-11-15/h1-5,7,9,11H,6,8,10,12-13H2,(H,21,22,25). The number of amides is 2. The predicted molar refractivity (Wildman–Crippen MR) is 111 cm³/mol. The van der Waals surface area contributed by atoms with E-state index in [1.54, 1.807) is 17.8 Å². The van der Waals surface area contributed by atoms with E-state index in [1.165, 1.54) is 29.4 Å². The summed E-state index contributed by atoms with van der Waals surface area (Å²) < 4.78 is 4.93. The molecule has 0 bridgehead atoms. The third-order valence-corrected chi connectivity index (χ3v) is 6.41. The van der Waals surface area contributed by atoms with Gasteiger partial charge >= 0.3 is 0 Å². The van der Waals surface area contributed by atoms with Gasteiger partial charge < -0.3 is 9.32 Å². The van der Waals surface area contributed by atoms with Crippen molar-refractivity contribution in [1.29, 1.82) is 0 Å². The van der Waals surface area contributed by atoms with Crippen LogP contribution in [0.3, 0.4) is 0 Å². The Morgan fingerprint density at radius 2 is 2.11 bits per heavy atom. The molecule has 0 spiro atoms. The molecule has 3 aromatic rings. The van der Waals surface area contributed by atoms with Crippen LogP contribution in [0.2, 0.25) is 0 Å². The maximum Gasteiger partial charge on any atom is 0.260 e. The second kappa shape index (κ2) is 8.62. The molecular formula is C20H19N3O3S2. The fourth-order valence-corrected chi connectivity index (χ4v) is 4.85. The van der Waals surface area contributed by atoms with Gasteiger partial charge in [-0.25, -0.2) is 4.98 Å². The van der Waals surface area contributed by atoms with Crippen molar-refractivity contribution in [1.82, 2.24) is 9.88 Å². The van der Waals surface area contributed by atoms with Gasteiger partial charge in [-0.3, -0.25) is 14.9 Å². The summed E-state index contributed by atoms with van der Waals surface area (Å²) in [6, 6.07) is 11.8. The highest BCUT2D eigenvalue weighted by Gasteiger charge is 2.24. The van der Waals surface area contributed by atoms with Crippen LogP contribution in [0.1, 0.15) is 26.5 Å². The quantitative estimate of drug-likeness (QED) is 0.665. The zero-order valence-corrected chi connectivity index (χ0v) is 16.7. The first-order chi connectivity index (χ1) is 13.7. The third-order valence-electron chi connectivity index (χ3n) is 4.42. The first-order valence-corrected chi connectivity index (χ1v) is 10.9. The summed E-state index contributed by atoms with van der Waals surface area (Å²) in [4.78, 5) is 32.1. The van der Waals surface area contributed by atoms with Crippen molar-refractivity contribution in [2.45, 2.75) is 18.7 Å². The van der Waals surface area contributed by atoms with E-state index in [4.69, 9.17) is 4.42 Å². The molecule has 1 aliphatic heterocycles. The summed E-state index contributed by atoms with van der Waals surface area (Å²) in [6.45, 7) is 1.22. The van der Waals surface area contributed by atoms with E-state index < -0.39 is 0 Å². The highest BCUT2D eigenvalue weighted by molar-refractivity contribution is 7.99. The number of rotatable bonds is 6. The molecule has 0 aliphatic carbocycles. The van der Waals surface area contributed by atoms with E-state index in [9.17, 15) is 9.59 Å². The van der Waals surface area contributed by atoms with Crippen molar-refractivity contribution in [2.24, 2.45) is 0 Å². The summed E-state index contributed by atoms with van der Waals surface area (Å²) >= 11 is 3.06. The van der Waals surface area contributed by atoms with Crippen LogP contribution in [-0.2, 0) is 23.5 Å². The van der Waals surface area contributed by atoms with Gasteiger partial charge in [0.25, 0.3) is 5.91 Å². The first-order valence-electron chi connectivity index (χ1n) is 8.90. The minimum absolute atomic E-state index is 0.143. The SMILES string of the molecule is O=C(Nc1nc2c(s1)CN(C(=O)CSCc1ccccc1)CC2)c1ccoc1. The minimum Gasteiger partial charge on any atom is -0.472 e. The molecule has 0 radical (unpaired) electrons. The van der Waals surface area contributed by atoms with Gasteiger partial charge in [-0.1, -0.05) is 41.7 Å². The Kier molecular flexibility index (Phi) is 5.78. The second-order valence-electron chi connectivity index (χ2n) is 6.40. The van der Waals surface area contributed by atoms with Gasteiger partial charge in [0.05, 0.1) is 29.8 Å². The summed E-state index contributed by atoms with van der Waals surface area (Å²) in [5.74, 6) is 1.19. The number of anilines is 1. The van der Waals surface area contributed by atoms with Crippen LogP contribution in [0, 0.1) is 0 Å². The van der Waals surface area contributed by atoms with E-state index in [2.05, 4.69) is 22.4 Å². The normalized spacial score (nSPS) is 13.2. The third kappa shape index (κ3) is 4.45. The molecule has 0 unspecified atom stereocenters. The number of hydrogen-bond donors (Lipinski definition) is 1. The molecule has 28 heavy (non-hydrogen) atoms. The van der Waals surface area contributed by atoms with E-state index in [0.29, 0.717) is 36.0 Å². The van der Waals surface area contributed by atoms with Gasteiger partial charge in [0, 0.05) is 23.6 Å². The Morgan fingerprint density at radius 3 is 2.89 bits per heavy atom. The van der Waals surface area contributed by atoms with Crippen molar-refractivity contribution in [3.8, 4) is 0 Å². The van der Waals surface area contributed by atoms with Crippen molar-refractivity contribution in [3.63, 3.8) is 0 Å². The van der Waals surface area contributed by atoms with E-state index in [1.807, 2.05) is 23.1 Å². The van der Waals surface area contributed by atoms with E-state index >= 15 is 0 Å². The molecule has 144 valence electrons. The van der Waals surface area contributed by atoms with E-state index in [-0.39, 0.29) is 11.8 Å². The molecule has 1 aromatic carbocycles. The highest BCUT2D eigenvalue weighted by Crippen LogP contribution is 2.29. The van der Waals surface area contributed by atoms with Crippen molar-refractivity contribution < 1.29 is 14.0 Å². The lowest BCUT2D eigenvalue weighted by atomic mass is 10.2. The van der Waals surface area contributed by atoms with Gasteiger partial charge in [0.2, 0.25) is 5.91 Å². The minimum atomic E-state index is -0.245. The van der Waals surface area contributed by atoms with Crippen LogP contribution in [0.5, 0.6) is 0 Å². The predicted octanol–water partition coefficient (Wildman–Crippen LogP) is 3.81. The molecule has 0 atom stereocenters. The topological polar surface area (TPSA) is 75.4 Å². The Morgan fingerprint density at radius 1 is 1.25 bits per heavy atom. The number of carbonyl (C=O) groups excluding carboxylic acids is 2. The number of nitrogens with one attached hydrogen (secondary N) is 1. The Bertz CT molecular complexity index is 955. The van der Waals surface area contributed by atoms with E-state index in [0.717, 1.165) is 16.3 Å². The Hall–Kier alpha value is -2.58. The van der Waals surface area contributed by atoms with Gasteiger partial charge in [-0.05, 0) is 11.6 Å². The highest BCUT2D eigenvalue weighted by atomic mass is 32.2. The van der Waals surface area contributed by atoms with Gasteiger partial charge in [0.15, 0.2) is 5.13 Å². The van der Waals surface area contributed by atoms with Crippen LogP contribution >= 0.6 is 23.1 Å². The van der Waals surface area contributed by atoms with Gasteiger partial charge in [-0.15, -0.1) is 11.8 Å². The molecule has 6 nitrogen and oxygen atoms in total. The molecular weight excluding hydrogens is 394 g/mol. The molecule has 8 heteroatoms. The lowest BCUT2D eigenvalue weighted by molar-refractivity contribution is -0.129. The lowest BCUT2D eigenvalue weighted by Gasteiger charge is -2.26. The molecule has 2 amide bonds. The molecule has 0 saturated heterocycles. The first kappa shape index (κ1) is 18.8. The average molecular weight is 414 g/mol. The summed E-state index contributed by atoms with van der Waals surface area (Å²) in [7, 11) is 0. The number of thiazole rings is 1. The average Bonchev–Trinajstić information content (AvgIpc) is 3.37. The van der Waals surface area contributed by atoms with Crippen LogP contribution in [-0.4, -0.2) is 34.0 Å². The second-order valence-corrected chi connectivity index (χ2v) is 8.47. The number of furan rings is 1. The maximum absolute atomic E-state index is 12.5. The zero-order chi connectivity index (χ0) is 19.3.